The minimum atomic E-state index is 0.322. The van der Waals surface area contributed by atoms with E-state index in [0.717, 1.165) is 12.8 Å². The summed E-state index contributed by atoms with van der Waals surface area (Å²) < 4.78 is 0. The van der Waals surface area contributed by atoms with Crippen molar-refractivity contribution in [1.29, 1.82) is 0 Å². The second-order valence-electron chi connectivity index (χ2n) is 4.75. The van der Waals surface area contributed by atoms with E-state index in [2.05, 4.69) is 25.1 Å². The number of hydrogen-bond acceptors (Lipinski definition) is 1. The second-order valence-corrected chi connectivity index (χ2v) is 4.75. The molecule has 1 aliphatic heterocycles. The molecule has 1 nitrogen and oxygen atoms in total. The molecule has 0 radical (unpaired) electrons. The number of nitrogens with one attached hydrogen (secondary N) is 1. The molecule has 0 amide bonds. The third kappa shape index (κ3) is 2.75. The predicted octanol–water partition coefficient (Wildman–Crippen LogP) is 2.96. The number of hydrogen-bond donors (Lipinski definition) is 1. The lowest BCUT2D eigenvalue weighted by molar-refractivity contribution is 0.213. The van der Waals surface area contributed by atoms with Crippen LogP contribution in [0.5, 0.6) is 0 Å². The highest BCUT2D eigenvalue weighted by Crippen LogP contribution is 2.30. The average molecular weight is 193 g/mol. The Bertz CT molecular complexity index is 192. The highest BCUT2D eigenvalue weighted by atomic mass is 15.0. The Kier molecular flexibility index (Phi) is 4.48. The van der Waals surface area contributed by atoms with Crippen LogP contribution >= 0.6 is 0 Å². The van der Waals surface area contributed by atoms with E-state index in [1.165, 1.54) is 32.2 Å². The summed E-state index contributed by atoms with van der Waals surface area (Å²) in [6.07, 6.45) is 12.8. The molecule has 0 aromatic heterocycles. The van der Waals surface area contributed by atoms with Crippen molar-refractivity contribution in [2.24, 2.45) is 5.92 Å². The van der Waals surface area contributed by atoms with E-state index < -0.39 is 0 Å². The molecule has 1 aliphatic rings. The first kappa shape index (κ1) is 11.6. The minimum absolute atomic E-state index is 0.322. The summed E-state index contributed by atoms with van der Waals surface area (Å²) in [5.74, 6) is 3.46. The molecule has 1 unspecified atom stereocenters. The average Bonchev–Trinajstić information content (AvgIpc) is 2.41. The lowest BCUT2D eigenvalue weighted by atomic mass is 9.79. The Labute approximate surface area is 88.7 Å². The van der Waals surface area contributed by atoms with Crippen molar-refractivity contribution in [3.8, 4) is 12.3 Å². The number of terminal acetylenes is 1. The summed E-state index contributed by atoms with van der Waals surface area (Å²) >= 11 is 0. The van der Waals surface area contributed by atoms with E-state index >= 15 is 0 Å². The van der Waals surface area contributed by atoms with Crippen LogP contribution in [0.4, 0.5) is 0 Å². The van der Waals surface area contributed by atoms with Crippen LogP contribution in [0.1, 0.15) is 52.4 Å². The van der Waals surface area contributed by atoms with Crippen LogP contribution in [0.2, 0.25) is 0 Å². The Morgan fingerprint density at radius 3 is 2.79 bits per heavy atom. The molecular formula is C13H23N. The van der Waals surface area contributed by atoms with Gasteiger partial charge in [-0.15, -0.1) is 12.3 Å². The van der Waals surface area contributed by atoms with Crippen molar-refractivity contribution in [2.75, 3.05) is 6.54 Å². The zero-order valence-corrected chi connectivity index (χ0v) is 9.60. The third-order valence-electron chi connectivity index (χ3n) is 3.60. The summed E-state index contributed by atoms with van der Waals surface area (Å²) in [4.78, 5) is 0. The molecule has 0 spiro atoms. The lowest BCUT2D eigenvalue weighted by Gasteiger charge is -2.37. The fourth-order valence-corrected chi connectivity index (χ4v) is 2.46. The first-order valence-corrected chi connectivity index (χ1v) is 5.90. The molecule has 0 bridgehead atoms. The number of rotatable bonds is 3. The molecule has 0 aromatic rings. The first-order chi connectivity index (χ1) is 6.71. The van der Waals surface area contributed by atoms with E-state index in [0.29, 0.717) is 11.5 Å². The molecule has 1 atom stereocenters. The minimum Gasteiger partial charge on any atom is -0.311 e. The topological polar surface area (TPSA) is 12.0 Å². The summed E-state index contributed by atoms with van der Waals surface area (Å²) in [5.41, 5.74) is 0.322. The van der Waals surface area contributed by atoms with E-state index in [9.17, 15) is 0 Å². The molecule has 1 rings (SSSR count). The van der Waals surface area contributed by atoms with Crippen LogP contribution < -0.4 is 5.32 Å². The quantitative estimate of drug-likeness (QED) is 0.679. The predicted molar refractivity (Wildman–Crippen MR) is 62.1 cm³/mol. The van der Waals surface area contributed by atoms with Crippen molar-refractivity contribution < 1.29 is 0 Å². The highest BCUT2D eigenvalue weighted by Gasteiger charge is 2.32. The molecule has 1 fully saturated rings. The van der Waals surface area contributed by atoms with Crippen LogP contribution in [0.15, 0.2) is 0 Å². The van der Waals surface area contributed by atoms with Gasteiger partial charge in [0.25, 0.3) is 0 Å². The second kappa shape index (κ2) is 5.41. The van der Waals surface area contributed by atoms with Gasteiger partial charge < -0.3 is 5.32 Å². The maximum absolute atomic E-state index is 5.37. The maximum Gasteiger partial charge on any atom is 0.0213 e. The zero-order chi connectivity index (χ0) is 10.4. The summed E-state index contributed by atoms with van der Waals surface area (Å²) in [7, 11) is 0. The maximum atomic E-state index is 5.37. The zero-order valence-electron chi connectivity index (χ0n) is 9.60. The van der Waals surface area contributed by atoms with Crippen molar-refractivity contribution in [3.63, 3.8) is 0 Å². The first-order valence-electron chi connectivity index (χ1n) is 5.90. The van der Waals surface area contributed by atoms with Crippen molar-refractivity contribution in [2.45, 2.75) is 57.9 Å². The molecule has 80 valence electrons. The molecule has 1 heterocycles. The smallest absolute Gasteiger partial charge is 0.0213 e. The van der Waals surface area contributed by atoms with Crippen LogP contribution in [-0.2, 0) is 0 Å². The van der Waals surface area contributed by atoms with Gasteiger partial charge in [0.05, 0.1) is 0 Å². The lowest BCUT2D eigenvalue weighted by Crippen LogP contribution is -2.49. The molecular weight excluding hydrogens is 170 g/mol. The Balaban J connectivity index is 2.63. The molecule has 0 aliphatic carbocycles. The highest BCUT2D eigenvalue weighted by molar-refractivity contribution is 4.96. The van der Waals surface area contributed by atoms with Crippen molar-refractivity contribution >= 4 is 0 Å². The van der Waals surface area contributed by atoms with Gasteiger partial charge in [-0.1, -0.05) is 26.7 Å². The van der Waals surface area contributed by atoms with Crippen LogP contribution in [0.25, 0.3) is 0 Å². The van der Waals surface area contributed by atoms with Crippen LogP contribution in [0.3, 0.4) is 0 Å². The van der Waals surface area contributed by atoms with Gasteiger partial charge in [-0.05, 0) is 31.7 Å². The van der Waals surface area contributed by atoms with E-state index in [1.807, 2.05) is 0 Å². The van der Waals surface area contributed by atoms with E-state index in [1.54, 1.807) is 0 Å². The summed E-state index contributed by atoms with van der Waals surface area (Å²) in [6.45, 7) is 5.80. The SMILES string of the molecule is C#CCCC1(C(C)C)CCCCCN1. The molecule has 0 aromatic carbocycles. The van der Waals surface area contributed by atoms with Gasteiger partial charge in [0.15, 0.2) is 0 Å². The largest absolute Gasteiger partial charge is 0.311 e. The van der Waals surface area contributed by atoms with Gasteiger partial charge in [0.2, 0.25) is 0 Å². The Hall–Kier alpha value is -0.480. The van der Waals surface area contributed by atoms with Gasteiger partial charge in [0, 0.05) is 12.0 Å². The fourth-order valence-electron chi connectivity index (χ4n) is 2.46. The standard InChI is InChI=1S/C13H23N/c1-4-5-9-13(12(2)3)10-7-6-8-11-14-13/h1,12,14H,5-11H2,2-3H3. The van der Waals surface area contributed by atoms with E-state index in [-0.39, 0.29) is 0 Å². The summed E-state index contributed by atoms with van der Waals surface area (Å²) in [5, 5.41) is 3.73. The molecule has 1 saturated heterocycles. The van der Waals surface area contributed by atoms with Crippen LogP contribution in [0, 0.1) is 18.3 Å². The van der Waals surface area contributed by atoms with Gasteiger partial charge in [-0.25, -0.2) is 0 Å². The normalized spacial score (nSPS) is 28.4. The fraction of sp³-hybridized carbons (Fsp3) is 0.846. The molecule has 1 N–H and O–H groups in total. The summed E-state index contributed by atoms with van der Waals surface area (Å²) in [6, 6.07) is 0. The third-order valence-corrected chi connectivity index (χ3v) is 3.60. The molecule has 0 saturated carbocycles. The van der Waals surface area contributed by atoms with Gasteiger partial charge >= 0.3 is 0 Å². The Morgan fingerprint density at radius 2 is 2.14 bits per heavy atom. The Morgan fingerprint density at radius 1 is 1.36 bits per heavy atom. The monoisotopic (exact) mass is 193 g/mol. The van der Waals surface area contributed by atoms with Crippen molar-refractivity contribution in [1.82, 2.24) is 5.32 Å². The van der Waals surface area contributed by atoms with Gasteiger partial charge in [-0.3, -0.25) is 0 Å². The van der Waals surface area contributed by atoms with Gasteiger partial charge in [-0.2, -0.15) is 0 Å². The van der Waals surface area contributed by atoms with Crippen molar-refractivity contribution in [3.05, 3.63) is 0 Å². The molecule has 1 heteroatoms. The van der Waals surface area contributed by atoms with Crippen LogP contribution in [-0.4, -0.2) is 12.1 Å². The van der Waals surface area contributed by atoms with Gasteiger partial charge in [0.1, 0.15) is 0 Å². The van der Waals surface area contributed by atoms with E-state index in [4.69, 9.17) is 6.42 Å². The molecule has 14 heavy (non-hydrogen) atoms.